The van der Waals surface area contributed by atoms with Crippen molar-refractivity contribution in [3.05, 3.63) is 83.2 Å². The molecule has 0 saturated heterocycles. The van der Waals surface area contributed by atoms with Crippen LogP contribution in [0.2, 0.25) is 0 Å². The van der Waals surface area contributed by atoms with Crippen molar-refractivity contribution in [2.45, 2.75) is 39.5 Å². The Bertz CT molecular complexity index is 1230. The number of rotatable bonds is 8. The number of unbranched alkanes of at least 4 members (excludes halogenated alkanes) is 1. The Hall–Kier alpha value is -3.20. The molecule has 3 aromatic carbocycles. The number of aromatic nitrogens is 1. The number of hydrogen-bond acceptors (Lipinski definition) is 3. The zero-order valence-corrected chi connectivity index (χ0v) is 18.4. The van der Waals surface area contributed by atoms with Gasteiger partial charge in [-0.05, 0) is 42.2 Å². The summed E-state index contributed by atoms with van der Waals surface area (Å²) in [6, 6.07) is 22.0. The molecule has 0 amide bonds. The Balaban J connectivity index is 1.67. The predicted octanol–water partition coefficient (Wildman–Crippen LogP) is 7.04. The highest BCUT2D eigenvalue weighted by molar-refractivity contribution is 5.99. The lowest BCUT2D eigenvalue weighted by molar-refractivity contribution is 0.489. The number of anilines is 1. The maximum Gasteiger partial charge on any atom is 0.195 e. The first-order valence-corrected chi connectivity index (χ1v) is 11.3. The van der Waals surface area contributed by atoms with Gasteiger partial charge in [-0.15, -0.1) is 0 Å². The molecule has 31 heavy (non-hydrogen) atoms. The summed E-state index contributed by atoms with van der Waals surface area (Å²) in [5.41, 5.74) is 3.79. The lowest BCUT2D eigenvalue weighted by Crippen LogP contribution is -2.04. The molecule has 0 spiro atoms. The van der Waals surface area contributed by atoms with E-state index >= 15 is 0 Å². The Morgan fingerprint density at radius 1 is 0.871 bits per heavy atom. The summed E-state index contributed by atoms with van der Waals surface area (Å²) in [5.74, 6) is 0.792. The van der Waals surface area contributed by atoms with Crippen LogP contribution in [-0.2, 0) is 0 Å². The van der Waals surface area contributed by atoms with Gasteiger partial charge in [-0.3, -0.25) is 9.78 Å². The Kier molecular flexibility index (Phi) is 6.61. The highest BCUT2D eigenvalue weighted by Crippen LogP contribution is 2.25. The van der Waals surface area contributed by atoms with Crippen molar-refractivity contribution >= 4 is 27.4 Å². The van der Waals surface area contributed by atoms with E-state index in [1.165, 1.54) is 19.3 Å². The van der Waals surface area contributed by atoms with E-state index in [0.29, 0.717) is 5.39 Å². The summed E-state index contributed by atoms with van der Waals surface area (Å²) in [6.45, 7) is 5.48. The maximum absolute atomic E-state index is 13.4. The fraction of sp³-hybridized carbons (Fsp3) is 0.286. The van der Waals surface area contributed by atoms with Crippen LogP contribution >= 0.6 is 0 Å². The fourth-order valence-electron chi connectivity index (χ4n) is 4.03. The first-order valence-electron chi connectivity index (χ1n) is 11.3. The molecule has 3 heteroatoms. The van der Waals surface area contributed by atoms with Crippen LogP contribution in [0.1, 0.15) is 39.5 Å². The van der Waals surface area contributed by atoms with E-state index in [1.807, 2.05) is 66.9 Å². The third-order valence-electron chi connectivity index (χ3n) is 6.16. The van der Waals surface area contributed by atoms with Gasteiger partial charge in [-0.1, -0.05) is 75.6 Å². The Morgan fingerprint density at radius 2 is 1.71 bits per heavy atom. The van der Waals surface area contributed by atoms with Crippen LogP contribution < -0.4 is 10.7 Å². The van der Waals surface area contributed by atoms with Crippen molar-refractivity contribution in [1.82, 2.24) is 4.98 Å². The third-order valence-corrected chi connectivity index (χ3v) is 6.16. The van der Waals surface area contributed by atoms with Gasteiger partial charge in [0.1, 0.15) is 0 Å². The molecular weight excluding hydrogens is 380 g/mol. The van der Waals surface area contributed by atoms with E-state index in [-0.39, 0.29) is 5.43 Å². The molecule has 4 aromatic rings. The summed E-state index contributed by atoms with van der Waals surface area (Å²) in [7, 11) is 0. The van der Waals surface area contributed by atoms with Gasteiger partial charge in [0.25, 0.3) is 0 Å². The van der Waals surface area contributed by atoms with Gasteiger partial charge in [0, 0.05) is 40.2 Å². The largest absolute Gasteiger partial charge is 0.385 e. The van der Waals surface area contributed by atoms with Crippen LogP contribution in [0.3, 0.4) is 0 Å². The molecular formula is C28H30N2O. The van der Waals surface area contributed by atoms with E-state index < -0.39 is 0 Å². The van der Waals surface area contributed by atoms with E-state index in [4.69, 9.17) is 0 Å². The summed E-state index contributed by atoms with van der Waals surface area (Å²) in [6.07, 6.45) is 6.72. The minimum absolute atomic E-state index is 0.0284. The summed E-state index contributed by atoms with van der Waals surface area (Å²) in [5, 5.41) is 5.89. The molecule has 1 heterocycles. The minimum Gasteiger partial charge on any atom is -0.385 e. The SMILES string of the molecule is CCC(C)CCCCNc1cccc2c(=O)c3cc(-c4ccccc4)cnc3ccc12. The van der Waals surface area contributed by atoms with Gasteiger partial charge in [-0.25, -0.2) is 0 Å². The van der Waals surface area contributed by atoms with Crippen LogP contribution in [0, 0.1) is 5.92 Å². The van der Waals surface area contributed by atoms with Crippen molar-refractivity contribution in [3.8, 4) is 11.1 Å². The number of fused-ring (bicyclic) bond motifs is 2. The average molecular weight is 411 g/mol. The van der Waals surface area contributed by atoms with Gasteiger partial charge in [0.2, 0.25) is 0 Å². The monoisotopic (exact) mass is 410 g/mol. The Labute approximate surface area is 184 Å². The second-order valence-electron chi connectivity index (χ2n) is 8.39. The zero-order chi connectivity index (χ0) is 21.6. The van der Waals surface area contributed by atoms with Crippen LogP contribution in [0.4, 0.5) is 5.69 Å². The Morgan fingerprint density at radius 3 is 2.52 bits per heavy atom. The first kappa shape index (κ1) is 21.0. The number of benzene rings is 2. The normalized spacial score (nSPS) is 12.2. The van der Waals surface area contributed by atoms with Crippen molar-refractivity contribution < 1.29 is 0 Å². The van der Waals surface area contributed by atoms with Crippen molar-refractivity contribution in [3.63, 3.8) is 0 Å². The molecule has 0 aliphatic rings. The standard InChI is InChI=1S/C28H30N2O/c1-3-20(2)10-7-8-17-29-26-14-9-13-24-23(26)15-16-27-25(28(24)31)18-22(19-30-27)21-11-5-4-6-12-21/h4-6,9,11-16,18-20,29H,3,7-8,10,17H2,1-2H3. The van der Waals surface area contributed by atoms with Crippen LogP contribution in [-0.4, -0.2) is 11.5 Å². The summed E-state index contributed by atoms with van der Waals surface area (Å²) < 4.78 is 0. The second-order valence-corrected chi connectivity index (χ2v) is 8.39. The lowest BCUT2D eigenvalue weighted by atomic mass is 10.0. The van der Waals surface area contributed by atoms with E-state index in [0.717, 1.165) is 52.0 Å². The van der Waals surface area contributed by atoms with Crippen LogP contribution in [0.25, 0.3) is 32.8 Å². The summed E-state index contributed by atoms with van der Waals surface area (Å²) in [4.78, 5) is 18.0. The number of hydrogen-bond donors (Lipinski definition) is 1. The smallest absolute Gasteiger partial charge is 0.195 e. The molecule has 1 N–H and O–H groups in total. The highest BCUT2D eigenvalue weighted by atomic mass is 16.1. The van der Waals surface area contributed by atoms with Crippen LogP contribution in [0.15, 0.2) is 77.7 Å². The predicted molar refractivity (Wildman–Crippen MR) is 133 cm³/mol. The molecule has 1 unspecified atom stereocenters. The summed E-state index contributed by atoms with van der Waals surface area (Å²) >= 11 is 0. The van der Waals surface area contributed by atoms with E-state index in [1.54, 1.807) is 0 Å². The van der Waals surface area contributed by atoms with Crippen molar-refractivity contribution in [2.24, 2.45) is 5.92 Å². The average Bonchev–Trinajstić information content (AvgIpc) is 2.96. The zero-order valence-electron chi connectivity index (χ0n) is 18.4. The molecule has 0 aliphatic carbocycles. The van der Waals surface area contributed by atoms with Gasteiger partial charge in [0.15, 0.2) is 5.43 Å². The minimum atomic E-state index is 0.0284. The van der Waals surface area contributed by atoms with Gasteiger partial charge >= 0.3 is 0 Å². The quantitative estimate of drug-likeness (QED) is 0.317. The van der Waals surface area contributed by atoms with Crippen LogP contribution in [0.5, 0.6) is 0 Å². The second kappa shape index (κ2) is 9.74. The first-order chi connectivity index (χ1) is 15.2. The topological polar surface area (TPSA) is 42.0 Å². The highest BCUT2D eigenvalue weighted by Gasteiger charge is 2.08. The molecule has 0 radical (unpaired) electrons. The lowest BCUT2D eigenvalue weighted by Gasteiger charge is -2.10. The fourth-order valence-corrected chi connectivity index (χ4v) is 4.03. The van der Waals surface area contributed by atoms with E-state index in [2.05, 4.69) is 30.2 Å². The molecule has 3 nitrogen and oxygen atoms in total. The molecule has 1 aromatic heterocycles. The van der Waals surface area contributed by atoms with Crippen molar-refractivity contribution in [1.29, 1.82) is 0 Å². The van der Waals surface area contributed by atoms with Gasteiger partial charge in [0.05, 0.1) is 5.52 Å². The molecule has 4 rings (SSSR count). The molecule has 0 fully saturated rings. The maximum atomic E-state index is 13.4. The third kappa shape index (κ3) is 4.77. The molecule has 0 bridgehead atoms. The van der Waals surface area contributed by atoms with Crippen molar-refractivity contribution in [2.75, 3.05) is 11.9 Å². The molecule has 158 valence electrons. The van der Waals surface area contributed by atoms with Gasteiger partial charge in [-0.2, -0.15) is 0 Å². The molecule has 1 atom stereocenters. The van der Waals surface area contributed by atoms with E-state index in [9.17, 15) is 4.79 Å². The number of nitrogens with zero attached hydrogens (tertiary/aromatic N) is 1. The number of nitrogens with one attached hydrogen (secondary N) is 1. The molecule has 0 saturated carbocycles. The number of pyridine rings is 1. The molecule has 0 aliphatic heterocycles. The van der Waals surface area contributed by atoms with Gasteiger partial charge < -0.3 is 5.32 Å².